The zero-order valence-electron chi connectivity index (χ0n) is 9.32. The molecule has 1 aromatic carbocycles. The second kappa shape index (κ2) is 3.62. The lowest BCUT2D eigenvalue weighted by Crippen LogP contribution is -2.20. The van der Waals surface area contributed by atoms with Gasteiger partial charge in [0.25, 0.3) is 0 Å². The number of hydrogen-bond acceptors (Lipinski definition) is 2. The van der Waals surface area contributed by atoms with Crippen molar-refractivity contribution in [2.45, 2.75) is 32.3 Å². The van der Waals surface area contributed by atoms with Crippen molar-refractivity contribution >= 4 is 5.97 Å². The summed E-state index contributed by atoms with van der Waals surface area (Å²) in [5.41, 5.74) is 1.01. The molecule has 2 fully saturated rings. The summed E-state index contributed by atoms with van der Waals surface area (Å²) in [6.45, 7) is 0.425. The van der Waals surface area contributed by atoms with Crippen LogP contribution >= 0.6 is 0 Å². The molecule has 2 aliphatic carbocycles. The maximum atomic E-state index is 12.0. The molecule has 0 heterocycles. The molecular formula is C14H16O2. The number of benzene rings is 1. The fourth-order valence-corrected chi connectivity index (χ4v) is 2.42. The summed E-state index contributed by atoms with van der Waals surface area (Å²) in [5, 5.41) is 0. The first-order valence-corrected chi connectivity index (χ1v) is 6.02. The van der Waals surface area contributed by atoms with E-state index in [0.717, 1.165) is 18.4 Å². The average molecular weight is 216 g/mol. The van der Waals surface area contributed by atoms with E-state index in [1.165, 1.54) is 12.8 Å². The van der Waals surface area contributed by atoms with E-state index >= 15 is 0 Å². The Balaban J connectivity index is 1.58. The number of carbonyl (C=O) groups excluding carboxylic acids is 1. The number of esters is 1. The van der Waals surface area contributed by atoms with E-state index in [0.29, 0.717) is 12.5 Å². The summed E-state index contributed by atoms with van der Waals surface area (Å²) >= 11 is 0. The first-order chi connectivity index (χ1) is 7.81. The zero-order chi connectivity index (χ0) is 11.0. The molecule has 3 rings (SSSR count). The van der Waals surface area contributed by atoms with Crippen molar-refractivity contribution in [3.8, 4) is 0 Å². The highest BCUT2D eigenvalue weighted by Crippen LogP contribution is 2.61. The third-order valence-electron chi connectivity index (χ3n) is 3.77. The first-order valence-electron chi connectivity index (χ1n) is 6.02. The fourth-order valence-electron chi connectivity index (χ4n) is 2.42. The predicted octanol–water partition coefficient (Wildman–Crippen LogP) is 2.92. The lowest BCUT2D eigenvalue weighted by molar-refractivity contribution is -0.152. The van der Waals surface area contributed by atoms with Crippen LogP contribution in [0.5, 0.6) is 0 Å². The summed E-state index contributed by atoms with van der Waals surface area (Å²) in [6, 6.07) is 9.89. The largest absolute Gasteiger partial charge is 0.460 e. The van der Waals surface area contributed by atoms with Gasteiger partial charge < -0.3 is 4.74 Å². The van der Waals surface area contributed by atoms with Crippen LogP contribution < -0.4 is 0 Å². The van der Waals surface area contributed by atoms with Crippen LogP contribution in [0.2, 0.25) is 0 Å². The van der Waals surface area contributed by atoms with E-state index in [1.807, 2.05) is 30.3 Å². The second-order valence-electron chi connectivity index (χ2n) is 4.99. The van der Waals surface area contributed by atoms with Gasteiger partial charge in [-0.3, -0.25) is 4.79 Å². The third-order valence-corrected chi connectivity index (χ3v) is 3.77. The minimum Gasteiger partial charge on any atom is -0.460 e. The Labute approximate surface area is 95.6 Å². The van der Waals surface area contributed by atoms with Crippen LogP contribution in [0.1, 0.15) is 31.2 Å². The van der Waals surface area contributed by atoms with Gasteiger partial charge in [0.1, 0.15) is 6.61 Å². The van der Waals surface area contributed by atoms with Gasteiger partial charge in [0, 0.05) is 0 Å². The number of carbonyl (C=O) groups is 1. The van der Waals surface area contributed by atoms with E-state index in [4.69, 9.17) is 4.74 Å². The van der Waals surface area contributed by atoms with Gasteiger partial charge in [0.2, 0.25) is 0 Å². The van der Waals surface area contributed by atoms with Crippen LogP contribution in [0.3, 0.4) is 0 Å². The van der Waals surface area contributed by atoms with Crippen molar-refractivity contribution < 1.29 is 9.53 Å². The molecule has 0 N–H and O–H groups in total. The molecule has 2 saturated carbocycles. The molecule has 16 heavy (non-hydrogen) atoms. The third kappa shape index (κ3) is 1.73. The Hall–Kier alpha value is -1.31. The minimum absolute atomic E-state index is 0.0406. The van der Waals surface area contributed by atoms with Gasteiger partial charge in [-0.2, -0.15) is 0 Å². The Bertz CT molecular complexity index is 388. The summed E-state index contributed by atoms with van der Waals surface area (Å²) in [5.74, 6) is 0.676. The summed E-state index contributed by atoms with van der Waals surface area (Å²) in [6.07, 6.45) is 4.54. The summed E-state index contributed by atoms with van der Waals surface area (Å²) in [7, 11) is 0. The molecule has 1 aromatic rings. The maximum Gasteiger partial charge on any atom is 0.312 e. The topological polar surface area (TPSA) is 26.3 Å². The SMILES string of the molecule is O=C(OCc1ccccc1)C1(C2CC2)CC1. The van der Waals surface area contributed by atoms with Crippen LogP contribution in [0.15, 0.2) is 30.3 Å². The van der Waals surface area contributed by atoms with E-state index in [9.17, 15) is 4.79 Å². The highest BCUT2D eigenvalue weighted by Gasteiger charge is 2.60. The number of ether oxygens (including phenoxy) is 1. The molecule has 0 bridgehead atoms. The molecular weight excluding hydrogens is 200 g/mol. The summed E-state index contributed by atoms with van der Waals surface area (Å²) < 4.78 is 5.42. The molecule has 0 aromatic heterocycles. The fraction of sp³-hybridized carbons (Fsp3) is 0.500. The Morgan fingerprint density at radius 3 is 2.50 bits per heavy atom. The molecule has 84 valence electrons. The highest BCUT2D eigenvalue weighted by molar-refractivity contribution is 5.80. The maximum absolute atomic E-state index is 12.0. The quantitative estimate of drug-likeness (QED) is 0.723. The van der Waals surface area contributed by atoms with Gasteiger partial charge in [0.15, 0.2) is 0 Å². The number of hydrogen-bond donors (Lipinski definition) is 0. The van der Waals surface area contributed by atoms with Crippen molar-refractivity contribution in [1.29, 1.82) is 0 Å². The van der Waals surface area contributed by atoms with E-state index < -0.39 is 0 Å². The van der Waals surface area contributed by atoms with Gasteiger partial charge in [-0.25, -0.2) is 0 Å². The van der Waals surface area contributed by atoms with Crippen molar-refractivity contribution in [2.24, 2.45) is 11.3 Å². The molecule has 0 saturated heterocycles. The smallest absolute Gasteiger partial charge is 0.312 e. The Morgan fingerprint density at radius 1 is 1.25 bits per heavy atom. The van der Waals surface area contributed by atoms with Crippen molar-refractivity contribution in [2.75, 3.05) is 0 Å². The second-order valence-corrected chi connectivity index (χ2v) is 4.99. The van der Waals surface area contributed by atoms with Gasteiger partial charge in [-0.1, -0.05) is 30.3 Å². The van der Waals surface area contributed by atoms with Gasteiger partial charge in [-0.05, 0) is 37.2 Å². The van der Waals surface area contributed by atoms with E-state index in [1.54, 1.807) is 0 Å². The van der Waals surface area contributed by atoms with Gasteiger partial charge in [0.05, 0.1) is 5.41 Å². The molecule has 2 heteroatoms. The monoisotopic (exact) mass is 216 g/mol. The van der Waals surface area contributed by atoms with Crippen LogP contribution in [-0.2, 0) is 16.1 Å². The Morgan fingerprint density at radius 2 is 1.94 bits per heavy atom. The summed E-state index contributed by atoms with van der Waals surface area (Å²) in [4.78, 5) is 12.0. The van der Waals surface area contributed by atoms with Gasteiger partial charge in [-0.15, -0.1) is 0 Å². The zero-order valence-corrected chi connectivity index (χ0v) is 9.32. The van der Waals surface area contributed by atoms with E-state index in [-0.39, 0.29) is 11.4 Å². The lowest BCUT2D eigenvalue weighted by atomic mass is 10.0. The molecule has 0 amide bonds. The van der Waals surface area contributed by atoms with Gasteiger partial charge >= 0.3 is 5.97 Å². The molecule has 0 atom stereocenters. The van der Waals surface area contributed by atoms with Crippen LogP contribution in [0.4, 0.5) is 0 Å². The average Bonchev–Trinajstić information content (AvgIpc) is 3.18. The molecule has 2 nitrogen and oxygen atoms in total. The molecule has 2 aliphatic rings. The molecule has 0 unspecified atom stereocenters. The molecule has 0 spiro atoms. The highest BCUT2D eigenvalue weighted by atomic mass is 16.5. The van der Waals surface area contributed by atoms with Crippen molar-refractivity contribution in [3.63, 3.8) is 0 Å². The molecule has 0 aliphatic heterocycles. The standard InChI is InChI=1S/C14H16O2/c15-13(14(8-9-14)12-6-7-12)16-10-11-4-2-1-3-5-11/h1-5,12H,6-10H2. The van der Waals surface area contributed by atoms with Crippen LogP contribution in [0.25, 0.3) is 0 Å². The van der Waals surface area contributed by atoms with Crippen molar-refractivity contribution in [1.82, 2.24) is 0 Å². The van der Waals surface area contributed by atoms with Crippen LogP contribution in [-0.4, -0.2) is 5.97 Å². The lowest BCUT2D eigenvalue weighted by Gasteiger charge is -2.13. The minimum atomic E-state index is -0.0607. The predicted molar refractivity (Wildman–Crippen MR) is 60.6 cm³/mol. The van der Waals surface area contributed by atoms with Crippen LogP contribution in [0, 0.1) is 11.3 Å². The number of rotatable bonds is 4. The Kier molecular flexibility index (Phi) is 2.23. The first kappa shape index (κ1) is 9.88. The van der Waals surface area contributed by atoms with Crippen molar-refractivity contribution in [3.05, 3.63) is 35.9 Å². The normalized spacial score (nSPS) is 21.5. The molecule has 0 radical (unpaired) electrons. The van der Waals surface area contributed by atoms with E-state index in [2.05, 4.69) is 0 Å².